The van der Waals surface area contributed by atoms with Crippen LogP contribution in [0.25, 0.3) is 0 Å². The fourth-order valence-corrected chi connectivity index (χ4v) is 1.01. The summed E-state index contributed by atoms with van der Waals surface area (Å²) in [6.07, 6.45) is 5.46. The summed E-state index contributed by atoms with van der Waals surface area (Å²) in [6.45, 7) is 1.85. The molecule has 0 saturated carbocycles. The zero-order chi connectivity index (χ0) is 8.48. The van der Waals surface area contributed by atoms with Crippen molar-refractivity contribution in [3.05, 3.63) is 23.8 Å². The molecule has 0 aromatic rings. The molecule has 0 spiro atoms. The molecule has 11 heavy (non-hydrogen) atoms. The third-order valence-corrected chi connectivity index (χ3v) is 1.86. The van der Waals surface area contributed by atoms with Crippen LogP contribution in [0.3, 0.4) is 0 Å². The van der Waals surface area contributed by atoms with E-state index in [4.69, 9.17) is 16.7 Å². The van der Waals surface area contributed by atoms with Crippen LogP contribution in [0.1, 0.15) is 13.3 Å². The van der Waals surface area contributed by atoms with Crippen LogP contribution in [0.4, 0.5) is 0 Å². The highest BCUT2D eigenvalue weighted by atomic mass is 35.5. The van der Waals surface area contributed by atoms with Gasteiger partial charge in [-0.1, -0.05) is 18.2 Å². The third-order valence-electron chi connectivity index (χ3n) is 1.58. The second-order valence-electron chi connectivity index (χ2n) is 2.78. The van der Waals surface area contributed by atoms with Crippen LogP contribution >= 0.6 is 11.6 Å². The average molecular weight is 173 g/mol. The van der Waals surface area contributed by atoms with Crippen molar-refractivity contribution in [2.24, 2.45) is 0 Å². The van der Waals surface area contributed by atoms with Gasteiger partial charge in [-0.25, -0.2) is 4.79 Å². The van der Waals surface area contributed by atoms with E-state index in [1.54, 1.807) is 18.2 Å². The molecule has 0 aromatic heterocycles. The van der Waals surface area contributed by atoms with Gasteiger partial charge in [-0.2, -0.15) is 0 Å². The number of allylic oxidation sites excluding steroid dienone is 2. The number of halogens is 1. The van der Waals surface area contributed by atoms with E-state index in [-0.39, 0.29) is 0 Å². The molecule has 1 rings (SSSR count). The van der Waals surface area contributed by atoms with Crippen LogP contribution in [0.2, 0.25) is 0 Å². The summed E-state index contributed by atoms with van der Waals surface area (Å²) in [5.41, 5.74) is 0.322. The van der Waals surface area contributed by atoms with E-state index in [9.17, 15) is 4.79 Å². The number of aliphatic carboxylic acids is 1. The number of alkyl halides is 1. The maximum absolute atomic E-state index is 10.4. The van der Waals surface area contributed by atoms with Crippen molar-refractivity contribution < 1.29 is 9.90 Å². The zero-order valence-corrected chi connectivity index (χ0v) is 6.93. The van der Waals surface area contributed by atoms with Crippen molar-refractivity contribution >= 4 is 17.6 Å². The van der Waals surface area contributed by atoms with E-state index in [0.717, 1.165) is 0 Å². The molecule has 1 atom stereocenters. The average Bonchev–Trinajstić information content (AvgIpc) is 1.86. The first-order valence-corrected chi connectivity index (χ1v) is 3.71. The molecular weight excluding hydrogens is 164 g/mol. The van der Waals surface area contributed by atoms with E-state index in [1.807, 2.05) is 6.92 Å². The predicted octanol–water partition coefficient (Wildman–Crippen LogP) is 1.95. The van der Waals surface area contributed by atoms with Gasteiger partial charge in [0.1, 0.15) is 0 Å². The third kappa shape index (κ3) is 2.09. The molecule has 0 bridgehead atoms. The van der Waals surface area contributed by atoms with Gasteiger partial charge < -0.3 is 5.11 Å². The van der Waals surface area contributed by atoms with E-state index >= 15 is 0 Å². The molecule has 3 heteroatoms. The van der Waals surface area contributed by atoms with Crippen molar-refractivity contribution in [1.82, 2.24) is 0 Å². The smallest absolute Gasteiger partial charge is 0.335 e. The van der Waals surface area contributed by atoms with Crippen LogP contribution in [0.15, 0.2) is 23.8 Å². The molecule has 1 unspecified atom stereocenters. The van der Waals surface area contributed by atoms with Crippen molar-refractivity contribution in [1.29, 1.82) is 0 Å². The predicted molar refractivity (Wildman–Crippen MR) is 43.7 cm³/mol. The minimum atomic E-state index is -0.895. The normalized spacial score (nSPS) is 29.8. The van der Waals surface area contributed by atoms with Crippen LogP contribution < -0.4 is 0 Å². The molecule has 0 saturated heterocycles. The fraction of sp³-hybridized carbons (Fsp3) is 0.375. The first kappa shape index (κ1) is 8.34. The summed E-state index contributed by atoms with van der Waals surface area (Å²) < 4.78 is 0. The van der Waals surface area contributed by atoms with Crippen LogP contribution in [-0.4, -0.2) is 16.0 Å². The monoisotopic (exact) mass is 172 g/mol. The lowest BCUT2D eigenvalue weighted by Gasteiger charge is -2.18. The summed E-state index contributed by atoms with van der Waals surface area (Å²) in [6, 6.07) is 0. The van der Waals surface area contributed by atoms with Crippen LogP contribution in [0.5, 0.6) is 0 Å². The molecule has 1 aliphatic carbocycles. The molecule has 2 nitrogen and oxygen atoms in total. The Kier molecular flexibility index (Phi) is 2.05. The second-order valence-corrected chi connectivity index (χ2v) is 3.64. The minimum absolute atomic E-state index is 0.322. The standard InChI is InChI=1S/C8H9ClO2/c1-8(9)4-2-6(3-5-8)7(10)11/h2-4H,5H2,1H3,(H,10,11). The Morgan fingerprint density at radius 1 is 1.82 bits per heavy atom. The van der Waals surface area contributed by atoms with Gasteiger partial charge in [-0.15, -0.1) is 11.6 Å². The maximum atomic E-state index is 10.4. The molecule has 0 aromatic carbocycles. The number of carboxylic acid groups (broad SMARTS) is 1. The molecule has 0 radical (unpaired) electrons. The van der Waals surface area contributed by atoms with E-state index in [2.05, 4.69) is 0 Å². The molecule has 0 heterocycles. The lowest BCUT2D eigenvalue weighted by Crippen LogP contribution is -2.15. The summed E-state index contributed by atoms with van der Waals surface area (Å²) in [5.74, 6) is -0.895. The first-order valence-electron chi connectivity index (χ1n) is 3.33. The Morgan fingerprint density at radius 2 is 2.45 bits per heavy atom. The number of hydrogen-bond donors (Lipinski definition) is 1. The van der Waals surface area contributed by atoms with Crippen molar-refractivity contribution in [3.63, 3.8) is 0 Å². The summed E-state index contributed by atoms with van der Waals surface area (Å²) in [4.78, 5) is 10.00. The van der Waals surface area contributed by atoms with Gasteiger partial charge in [0.15, 0.2) is 0 Å². The van der Waals surface area contributed by atoms with Crippen LogP contribution in [0, 0.1) is 0 Å². The van der Waals surface area contributed by atoms with Gasteiger partial charge in [0.2, 0.25) is 0 Å². The quantitative estimate of drug-likeness (QED) is 0.614. The number of rotatable bonds is 1. The van der Waals surface area contributed by atoms with E-state index in [1.165, 1.54) is 0 Å². The highest BCUT2D eigenvalue weighted by molar-refractivity contribution is 6.25. The van der Waals surface area contributed by atoms with Gasteiger partial charge in [0.25, 0.3) is 0 Å². The number of carbonyl (C=O) groups is 1. The molecule has 0 fully saturated rings. The lowest BCUT2D eigenvalue weighted by atomic mass is 9.98. The summed E-state index contributed by atoms with van der Waals surface area (Å²) in [5, 5.41) is 8.55. The highest BCUT2D eigenvalue weighted by Crippen LogP contribution is 2.26. The zero-order valence-electron chi connectivity index (χ0n) is 6.17. The first-order chi connectivity index (χ1) is 5.01. The van der Waals surface area contributed by atoms with Crippen molar-refractivity contribution in [3.8, 4) is 0 Å². The molecule has 60 valence electrons. The second kappa shape index (κ2) is 2.70. The minimum Gasteiger partial charge on any atom is -0.478 e. The van der Waals surface area contributed by atoms with Crippen molar-refractivity contribution in [2.45, 2.75) is 18.2 Å². The molecule has 0 amide bonds. The van der Waals surface area contributed by atoms with E-state index in [0.29, 0.717) is 12.0 Å². The number of carboxylic acids is 1. The summed E-state index contributed by atoms with van der Waals surface area (Å²) >= 11 is 5.92. The highest BCUT2D eigenvalue weighted by Gasteiger charge is 2.20. The van der Waals surface area contributed by atoms with E-state index < -0.39 is 10.8 Å². The fourth-order valence-electron chi connectivity index (χ4n) is 0.868. The Hall–Kier alpha value is -0.760. The van der Waals surface area contributed by atoms with Crippen molar-refractivity contribution in [2.75, 3.05) is 0 Å². The summed E-state index contributed by atoms with van der Waals surface area (Å²) in [7, 11) is 0. The van der Waals surface area contributed by atoms with Gasteiger partial charge in [0.05, 0.1) is 10.4 Å². The Morgan fingerprint density at radius 3 is 2.82 bits per heavy atom. The van der Waals surface area contributed by atoms with Gasteiger partial charge in [-0.05, 0) is 13.3 Å². The molecular formula is C8H9ClO2. The SMILES string of the molecule is CC1(Cl)C=CC(C(=O)O)=CC1. The lowest BCUT2D eigenvalue weighted by molar-refractivity contribution is -0.132. The largest absolute Gasteiger partial charge is 0.478 e. The topological polar surface area (TPSA) is 37.3 Å². The molecule has 0 aliphatic heterocycles. The number of hydrogen-bond acceptors (Lipinski definition) is 1. The molecule has 1 N–H and O–H groups in total. The van der Waals surface area contributed by atoms with Crippen LogP contribution in [-0.2, 0) is 4.79 Å². The Bertz CT molecular complexity index is 238. The van der Waals surface area contributed by atoms with Gasteiger partial charge in [0, 0.05) is 0 Å². The van der Waals surface area contributed by atoms with Gasteiger partial charge in [-0.3, -0.25) is 0 Å². The van der Waals surface area contributed by atoms with Gasteiger partial charge >= 0.3 is 5.97 Å². The Balaban J connectivity index is 2.75. The molecule has 1 aliphatic rings. The Labute approximate surface area is 70.2 Å². The maximum Gasteiger partial charge on any atom is 0.335 e.